The molecular weight excluding hydrogens is 188 g/mol. The molecule has 0 spiro atoms. The van der Waals surface area contributed by atoms with Crippen LogP contribution < -0.4 is 5.43 Å². The first-order chi connectivity index (χ1) is 7.34. The van der Waals surface area contributed by atoms with Gasteiger partial charge in [-0.25, -0.2) is 0 Å². The molecule has 2 aliphatic rings. The fraction of sp³-hybridized carbons (Fsp3) is 0. The van der Waals surface area contributed by atoms with Crippen LogP contribution in [0.4, 0.5) is 0 Å². The first-order valence-electron chi connectivity index (χ1n) is 4.76. The number of rotatable bonds is 0. The highest BCUT2D eigenvalue weighted by Gasteiger charge is 2.08. The van der Waals surface area contributed by atoms with Gasteiger partial charge >= 0.3 is 0 Å². The lowest BCUT2D eigenvalue weighted by Crippen LogP contribution is -2.02. The van der Waals surface area contributed by atoms with Crippen molar-refractivity contribution in [3.05, 3.63) is 58.8 Å². The molecule has 0 fully saturated rings. The Morgan fingerprint density at radius 2 is 1.80 bits per heavy atom. The number of benzene rings is 2. The maximum absolute atomic E-state index is 11.6. The van der Waals surface area contributed by atoms with Crippen LogP contribution in [-0.4, -0.2) is 0 Å². The summed E-state index contributed by atoms with van der Waals surface area (Å²) in [5, 5.41) is 0.952. The lowest BCUT2D eigenvalue weighted by atomic mass is 10.1. The Morgan fingerprint density at radius 3 is 2.73 bits per heavy atom. The van der Waals surface area contributed by atoms with Crippen LogP contribution >= 0.6 is 0 Å². The van der Waals surface area contributed by atoms with Gasteiger partial charge in [-0.3, -0.25) is 4.79 Å². The predicted molar refractivity (Wildman–Crippen MR) is 59.1 cm³/mol. The molecule has 2 heteroatoms. The van der Waals surface area contributed by atoms with Crippen molar-refractivity contribution in [1.82, 2.24) is 0 Å². The summed E-state index contributed by atoms with van der Waals surface area (Å²) in [4.78, 5) is 11.6. The largest absolute Gasteiger partial charge is 0.456 e. The molecule has 0 amide bonds. The van der Waals surface area contributed by atoms with Gasteiger partial charge in [0, 0.05) is 5.39 Å². The first kappa shape index (κ1) is 8.24. The molecule has 1 aromatic rings. The van der Waals surface area contributed by atoms with Crippen LogP contribution in [0.1, 0.15) is 0 Å². The van der Waals surface area contributed by atoms with E-state index in [0.717, 1.165) is 11.0 Å². The monoisotopic (exact) mass is 196 g/mol. The summed E-state index contributed by atoms with van der Waals surface area (Å²) in [6.45, 7) is 0. The Hall–Kier alpha value is -2.09. The molecule has 1 aliphatic carbocycles. The van der Waals surface area contributed by atoms with Crippen molar-refractivity contribution in [3.63, 3.8) is 0 Å². The third kappa shape index (κ3) is 1.22. The SMILES string of the molecule is O=c1cccc2oc3ccccc3cc1-2. The molecule has 0 saturated heterocycles. The molecule has 1 heterocycles. The van der Waals surface area contributed by atoms with Gasteiger partial charge in [0.25, 0.3) is 0 Å². The molecule has 3 rings (SSSR count). The Labute approximate surface area is 86.1 Å². The summed E-state index contributed by atoms with van der Waals surface area (Å²) in [7, 11) is 0. The Kier molecular flexibility index (Phi) is 1.62. The molecule has 0 atom stereocenters. The fourth-order valence-electron chi connectivity index (χ4n) is 1.72. The molecular formula is C13H8O2. The molecule has 15 heavy (non-hydrogen) atoms. The number of fused-ring (bicyclic) bond motifs is 2. The number of para-hydroxylation sites is 1. The highest BCUT2D eigenvalue weighted by atomic mass is 16.3. The van der Waals surface area contributed by atoms with Crippen molar-refractivity contribution in [3.8, 4) is 11.3 Å². The van der Waals surface area contributed by atoms with E-state index in [1.54, 1.807) is 12.1 Å². The summed E-state index contributed by atoms with van der Waals surface area (Å²) in [6.07, 6.45) is 0. The molecule has 72 valence electrons. The minimum absolute atomic E-state index is 0.00185. The third-order valence-corrected chi connectivity index (χ3v) is 2.46. The first-order valence-corrected chi connectivity index (χ1v) is 4.76. The summed E-state index contributed by atoms with van der Waals surface area (Å²) >= 11 is 0. The van der Waals surface area contributed by atoms with Crippen LogP contribution in [0.3, 0.4) is 0 Å². The molecule has 0 radical (unpaired) electrons. The standard InChI is InChI=1S/C13H8O2/c14-11-5-3-7-13-10(11)8-9-4-1-2-6-12(9)15-13/h1-8H. The molecule has 0 aromatic heterocycles. The molecule has 0 N–H and O–H groups in total. The Morgan fingerprint density at radius 1 is 0.933 bits per heavy atom. The molecule has 1 aliphatic heterocycles. The summed E-state index contributed by atoms with van der Waals surface area (Å²) in [6, 6.07) is 14.6. The average Bonchev–Trinajstić information content (AvgIpc) is 2.27. The zero-order valence-electron chi connectivity index (χ0n) is 7.94. The zero-order valence-corrected chi connectivity index (χ0v) is 7.94. The Balaban J connectivity index is 2.54. The summed E-state index contributed by atoms with van der Waals surface area (Å²) in [5.41, 5.74) is 1.44. The average molecular weight is 196 g/mol. The van der Waals surface area contributed by atoms with Crippen LogP contribution in [0.15, 0.2) is 57.7 Å². The van der Waals surface area contributed by atoms with Crippen LogP contribution in [0.25, 0.3) is 22.3 Å². The van der Waals surface area contributed by atoms with E-state index in [2.05, 4.69) is 0 Å². The zero-order chi connectivity index (χ0) is 10.3. The quantitative estimate of drug-likeness (QED) is 0.517. The molecule has 1 aromatic carbocycles. The maximum Gasteiger partial charge on any atom is 0.189 e. The van der Waals surface area contributed by atoms with Crippen LogP contribution in [0.5, 0.6) is 0 Å². The van der Waals surface area contributed by atoms with Crippen molar-refractivity contribution >= 4 is 11.0 Å². The fourth-order valence-corrected chi connectivity index (χ4v) is 1.72. The smallest absolute Gasteiger partial charge is 0.189 e. The topological polar surface area (TPSA) is 30.2 Å². The highest BCUT2D eigenvalue weighted by molar-refractivity contribution is 5.82. The van der Waals surface area contributed by atoms with Crippen molar-refractivity contribution in [1.29, 1.82) is 0 Å². The summed E-state index contributed by atoms with van der Waals surface area (Å²) < 4.78 is 5.63. The maximum atomic E-state index is 11.6. The van der Waals surface area contributed by atoms with E-state index in [0.29, 0.717) is 11.3 Å². The van der Waals surface area contributed by atoms with Gasteiger partial charge in [-0.05, 0) is 24.3 Å². The number of hydrogen-bond donors (Lipinski definition) is 0. The minimum Gasteiger partial charge on any atom is -0.456 e. The van der Waals surface area contributed by atoms with E-state index in [4.69, 9.17) is 4.42 Å². The highest BCUT2D eigenvalue weighted by Crippen LogP contribution is 2.24. The molecule has 0 saturated carbocycles. The van der Waals surface area contributed by atoms with Gasteiger partial charge in [-0.1, -0.05) is 24.3 Å². The van der Waals surface area contributed by atoms with Gasteiger partial charge in [0.1, 0.15) is 11.3 Å². The molecule has 0 unspecified atom stereocenters. The van der Waals surface area contributed by atoms with E-state index < -0.39 is 0 Å². The van der Waals surface area contributed by atoms with Crippen molar-refractivity contribution in [2.45, 2.75) is 0 Å². The second-order valence-corrected chi connectivity index (χ2v) is 3.45. The van der Waals surface area contributed by atoms with Gasteiger partial charge in [-0.15, -0.1) is 0 Å². The van der Waals surface area contributed by atoms with Gasteiger partial charge in [-0.2, -0.15) is 0 Å². The van der Waals surface area contributed by atoms with E-state index in [-0.39, 0.29) is 5.43 Å². The van der Waals surface area contributed by atoms with E-state index in [1.807, 2.05) is 36.4 Å². The van der Waals surface area contributed by atoms with Crippen LogP contribution in [-0.2, 0) is 0 Å². The second kappa shape index (κ2) is 2.95. The van der Waals surface area contributed by atoms with Gasteiger partial charge in [0.2, 0.25) is 0 Å². The van der Waals surface area contributed by atoms with Crippen LogP contribution in [0, 0.1) is 0 Å². The van der Waals surface area contributed by atoms with Gasteiger partial charge in [0.05, 0.1) is 5.56 Å². The van der Waals surface area contributed by atoms with Crippen LogP contribution in [0.2, 0.25) is 0 Å². The van der Waals surface area contributed by atoms with Gasteiger partial charge < -0.3 is 4.42 Å². The van der Waals surface area contributed by atoms with Crippen molar-refractivity contribution < 1.29 is 4.42 Å². The van der Waals surface area contributed by atoms with Gasteiger partial charge in [0.15, 0.2) is 5.43 Å². The summed E-state index contributed by atoms with van der Waals surface area (Å²) in [5.74, 6) is 0.640. The van der Waals surface area contributed by atoms with Crippen molar-refractivity contribution in [2.24, 2.45) is 0 Å². The van der Waals surface area contributed by atoms with Crippen molar-refractivity contribution in [2.75, 3.05) is 0 Å². The molecule has 2 nitrogen and oxygen atoms in total. The van der Waals surface area contributed by atoms with E-state index >= 15 is 0 Å². The Bertz CT molecular complexity index is 652. The van der Waals surface area contributed by atoms with E-state index in [1.165, 1.54) is 0 Å². The minimum atomic E-state index is 0.00185. The lowest BCUT2D eigenvalue weighted by Gasteiger charge is -2.04. The third-order valence-electron chi connectivity index (χ3n) is 2.46. The normalized spacial score (nSPS) is 10.9. The molecule has 0 bridgehead atoms. The second-order valence-electron chi connectivity index (χ2n) is 3.45. The lowest BCUT2D eigenvalue weighted by molar-refractivity contribution is 0.618. The number of hydrogen-bond acceptors (Lipinski definition) is 2. The van der Waals surface area contributed by atoms with E-state index in [9.17, 15) is 4.79 Å². The predicted octanol–water partition coefficient (Wildman–Crippen LogP) is 2.90.